The zero-order valence-corrected chi connectivity index (χ0v) is 14.9. The first kappa shape index (κ1) is 18.6. The van der Waals surface area contributed by atoms with E-state index in [1.54, 1.807) is 7.05 Å². The molecule has 0 saturated carbocycles. The van der Waals surface area contributed by atoms with Gasteiger partial charge in [-0.3, -0.25) is 24.2 Å². The lowest BCUT2D eigenvalue weighted by atomic mass is 10.0. The first-order valence-electron chi connectivity index (χ1n) is 8.79. The molecule has 2 N–H and O–H groups in total. The van der Waals surface area contributed by atoms with Gasteiger partial charge in [-0.2, -0.15) is 0 Å². The van der Waals surface area contributed by atoms with Gasteiger partial charge in [0.2, 0.25) is 18.1 Å². The summed E-state index contributed by atoms with van der Waals surface area (Å²) in [6, 6.07) is -1.93. The van der Waals surface area contributed by atoms with Crippen molar-refractivity contribution in [1.29, 1.82) is 0 Å². The molecular weight excluding hydrogens is 344 g/mol. The largest absolute Gasteiger partial charge is 0.433 e. The van der Waals surface area contributed by atoms with Crippen LogP contribution in [-0.2, 0) is 28.7 Å². The van der Waals surface area contributed by atoms with Crippen LogP contribution in [-0.4, -0.2) is 78.8 Å². The molecule has 4 atom stereocenters. The van der Waals surface area contributed by atoms with Gasteiger partial charge in [0.05, 0.1) is 12.5 Å². The Hall–Kier alpha value is -2.20. The van der Waals surface area contributed by atoms with Gasteiger partial charge in [-0.25, -0.2) is 5.01 Å². The monoisotopic (exact) mass is 368 g/mol. The van der Waals surface area contributed by atoms with E-state index < -0.39 is 36.3 Å². The minimum Gasteiger partial charge on any atom is -0.433 e. The van der Waals surface area contributed by atoms with Crippen molar-refractivity contribution in [3.63, 3.8) is 0 Å². The molecular formula is C16H24N4O6. The molecule has 3 fully saturated rings. The Bertz CT molecular complexity index is 612. The maximum absolute atomic E-state index is 12.9. The standard InChI is InChI=1S/C16H24N4O6/c1-17-9-5-6-12(21)19-7-3-4-11(20(19)15(9)24)14(23)18-10-8-13(22)26-16(10)25-2/h9-11,16-17H,3-8H2,1-2H3,(H,18,23)/t9-,10-,11-,16?/m0/s1. The highest BCUT2D eigenvalue weighted by molar-refractivity contribution is 5.93. The molecule has 3 heterocycles. The van der Waals surface area contributed by atoms with Gasteiger partial charge >= 0.3 is 5.97 Å². The number of hydrazine groups is 1. The van der Waals surface area contributed by atoms with E-state index in [-0.39, 0.29) is 24.7 Å². The van der Waals surface area contributed by atoms with Crippen LogP contribution in [0.3, 0.4) is 0 Å². The fourth-order valence-electron chi connectivity index (χ4n) is 3.69. The molecule has 0 radical (unpaired) electrons. The summed E-state index contributed by atoms with van der Waals surface area (Å²) in [5.74, 6) is -1.33. The molecule has 0 aromatic rings. The smallest absolute Gasteiger partial charge is 0.310 e. The number of ether oxygens (including phenoxy) is 2. The Morgan fingerprint density at radius 2 is 2.04 bits per heavy atom. The van der Waals surface area contributed by atoms with Crippen LogP contribution in [0.25, 0.3) is 0 Å². The molecule has 3 aliphatic heterocycles. The second kappa shape index (κ2) is 7.58. The predicted molar refractivity (Wildman–Crippen MR) is 87.1 cm³/mol. The van der Waals surface area contributed by atoms with Crippen molar-refractivity contribution in [2.75, 3.05) is 20.7 Å². The molecule has 3 rings (SSSR count). The zero-order chi connectivity index (χ0) is 18.8. The molecule has 0 aromatic heterocycles. The van der Waals surface area contributed by atoms with Crippen LogP contribution in [0.4, 0.5) is 0 Å². The summed E-state index contributed by atoms with van der Waals surface area (Å²) in [7, 11) is 3.05. The van der Waals surface area contributed by atoms with E-state index in [9.17, 15) is 19.2 Å². The summed E-state index contributed by atoms with van der Waals surface area (Å²) >= 11 is 0. The number of hydrogen-bond donors (Lipinski definition) is 2. The molecule has 0 spiro atoms. The number of carbonyl (C=O) groups excluding carboxylic acids is 4. The van der Waals surface area contributed by atoms with Gasteiger partial charge in [0.15, 0.2) is 0 Å². The third-order valence-corrected chi connectivity index (χ3v) is 5.04. The average Bonchev–Trinajstić information content (AvgIpc) is 2.94. The topological polar surface area (TPSA) is 117 Å². The number of carbonyl (C=O) groups is 4. The molecule has 3 amide bonds. The highest BCUT2D eigenvalue weighted by atomic mass is 16.7. The van der Waals surface area contributed by atoms with E-state index in [2.05, 4.69) is 10.6 Å². The van der Waals surface area contributed by atoms with E-state index >= 15 is 0 Å². The average molecular weight is 368 g/mol. The van der Waals surface area contributed by atoms with Crippen molar-refractivity contribution in [2.45, 2.75) is 56.5 Å². The Balaban J connectivity index is 1.79. The number of hydrogen-bond acceptors (Lipinski definition) is 7. The molecule has 1 unspecified atom stereocenters. The van der Waals surface area contributed by atoms with Crippen LogP contribution in [0.15, 0.2) is 0 Å². The van der Waals surface area contributed by atoms with Crippen molar-refractivity contribution < 1.29 is 28.7 Å². The lowest BCUT2D eigenvalue weighted by Crippen LogP contribution is -2.64. The van der Waals surface area contributed by atoms with Crippen LogP contribution in [0.2, 0.25) is 0 Å². The predicted octanol–water partition coefficient (Wildman–Crippen LogP) is -1.49. The Morgan fingerprint density at radius 3 is 2.73 bits per heavy atom. The number of cyclic esters (lactones) is 1. The Kier molecular flexibility index (Phi) is 5.42. The maximum atomic E-state index is 12.9. The highest BCUT2D eigenvalue weighted by Crippen LogP contribution is 2.25. The lowest BCUT2D eigenvalue weighted by Gasteiger charge is -2.43. The van der Waals surface area contributed by atoms with Gasteiger partial charge in [0.1, 0.15) is 12.1 Å². The molecule has 26 heavy (non-hydrogen) atoms. The number of nitrogens with zero attached hydrogens (tertiary/aromatic N) is 2. The Labute approximate surface area is 151 Å². The van der Waals surface area contributed by atoms with E-state index in [0.29, 0.717) is 25.8 Å². The minimum absolute atomic E-state index is 0.00665. The van der Waals surface area contributed by atoms with Crippen LogP contribution in [0, 0.1) is 0 Å². The second-order valence-electron chi connectivity index (χ2n) is 6.65. The van der Waals surface area contributed by atoms with Gasteiger partial charge in [0, 0.05) is 20.1 Å². The summed E-state index contributed by atoms with van der Waals surface area (Å²) in [6.45, 7) is 0.413. The normalized spacial score (nSPS) is 32.2. The minimum atomic E-state index is -0.849. The van der Waals surface area contributed by atoms with Crippen molar-refractivity contribution in [2.24, 2.45) is 0 Å². The van der Waals surface area contributed by atoms with Gasteiger partial charge in [-0.1, -0.05) is 0 Å². The fraction of sp³-hybridized carbons (Fsp3) is 0.750. The number of fused-ring (bicyclic) bond motifs is 1. The number of esters is 1. The number of methoxy groups -OCH3 is 1. The van der Waals surface area contributed by atoms with E-state index in [0.717, 1.165) is 0 Å². The molecule has 10 heteroatoms. The molecule has 3 aliphatic rings. The van der Waals surface area contributed by atoms with Crippen LogP contribution >= 0.6 is 0 Å². The van der Waals surface area contributed by atoms with E-state index in [1.165, 1.54) is 17.1 Å². The third-order valence-electron chi connectivity index (χ3n) is 5.04. The summed E-state index contributed by atoms with van der Waals surface area (Å²) in [5.41, 5.74) is 0. The summed E-state index contributed by atoms with van der Waals surface area (Å²) in [6.07, 6.45) is 0.859. The molecule has 0 aliphatic carbocycles. The lowest BCUT2D eigenvalue weighted by molar-refractivity contribution is -0.177. The molecule has 144 valence electrons. The molecule has 0 bridgehead atoms. The number of nitrogens with one attached hydrogen (secondary N) is 2. The SMILES string of the molecule is CN[C@H]1CCC(=O)N2CCC[C@@H](C(=O)N[C@H]3CC(=O)OC3OC)N2C1=O. The Morgan fingerprint density at radius 1 is 1.27 bits per heavy atom. The number of likely N-dealkylation sites (N-methyl/N-ethyl adjacent to an activating group) is 1. The van der Waals surface area contributed by atoms with E-state index in [1.807, 2.05) is 0 Å². The van der Waals surface area contributed by atoms with Gasteiger partial charge in [0.25, 0.3) is 5.91 Å². The highest BCUT2D eigenvalue weighted by Gasteiger charge is 2.45. The van der Waals surface area contributed by atoms with E-state index in [4.69, 9.17) is 9.47 Å². The first-order valence-corrected chi connectivity index (χ1v) is 8.79. The quantitative estimate of drug-likeness (QED) is 0.580. The van der Waals surface area contributed by atoms with Gasteiger partial charge < -0.3 is 20.1 Å². The molecule has 10 nitrogen and oxygen atoms in total. The zero-order valence-electron chi connectivity index (χ0n) is 14.9. The van der Waals surface area contributed by atoms with Crippen LogP contribution in [0.5, 0.6) is 0 Å². The number of rotatable bonds is 4. The van der Waals surface area contributed by atoms with Crippen LogP contribution in [0.1, 0.15) is 32.1 Å². The van der Waals surface area contributed by atoms with Crippen molar-refractivity contribution in [3.8, 4) is 0 Å². The van der Waals surface area contributed by atoms with Crippen LogP contribution < -0.4 is 10.6 Å². The summed E-state index contributed by atoms with van der Waals surface area (Å²) in [5, 5.41) is 8.33. The first-order chi connectivity index (χ1) is 12.5. The van der Waals surface area contributed by atoms with Crippen molar-refractivity contribution >= 4 is 23.7 Å². The summed E-state index contributed by atoms with van der Waals surface area (Å²) < 4.78 is 10.0. The number of amides is 3. The third kappa shape index (κ3) is 3.38. The van der Waals surface area contributed by atoms with Gasteiger partial charge in [-0.05, 0) is 26.3 Å². The second-order valence-corrected chi connectivity index (χ2v) is 6.65. The molecule has 0 aromatic carbocycles. The van der Waals surface area contributed by atoms with Gasteiger partial charge in [-0.15, -0.1) is 0 Å². The fourth-order valence-corrected chi connectivity index (χ4v) is 3.69. The maximum Gasteiger partial charge on any atom is 0.310 e. The molecule has 3 saturated heterocycles. The summed E-state index contributed by atoms with van der Waals surface area (Å²) in [4.78, 5) is 49.6. The van der Waals surface area contributed by atoms with Crippen molar-refractivity contribution in [1.82, 2.24) is 20.7 Å². The van der Waals surface area contributed by atoms with Crippen molar-refractivity contribution in [3.05, 3.63) is 0 Å².